The summed E-state index contributed by atoms with van der Waals surface area (Å²) >= 11 is 0. The Labute approximate surface area is 119 Å². The molecule has 2 nitrogen and oxygen atoms in total. The molecule has 0 N–H and O–H groups in total. The summed E-state index contributed by atoms with van der Waals surface area (Å²) in [6.45, 7) is 2.39. The van der Waals surface area contributed by atoms with E-state index in [4.69, 9.17) is 0 Å². The quantitative estimate of drug-likeness (QED) is 0.797. The van der Waals surface area contributed by atoms with Crippen molar-refractivity contribution in [1.82, 2.24) is 4.90 Å². The average Bonchev–Trinajstić information content (AvgIpc) is 2.89. The molecule has 0 unspecified atom stereocenters. The lowest BCUT2D eigenvalue weighted by molar-refractivity contribution is 0.0883. The van der Waals surface area contributed by atoms with Crippen LogP contribution < -0.4 is 0 Å². The van der Waals surface area contributed by atoms with Crippen LogP contribution in [0.5, 0.6) is 0 Å². The molecule has 0 aromatic heterocycles. The number of Topliss-reactive ketones (excluding diaryl/α,β-unsaturated/α-hetero) is 1. The minimum atomic E-state index is 0. The summed E-state index contributed by atoms with van der Waals surface area (Å²) in [7, 11) is 0. The zero-order valence-electron chi connectivity index (χ0n) is 10.6. The van der Waals surface area contributed by atoms with Gasteiger partial charge in [0.05, 0.1) is 0 Å². The molecule has 0 spiro atoms. The summed E-state index contributed by atoms with van der Waals surface area (Å²) < 4.78 is 0. The standard InChI is InChI=1S/C15H19NO.BrH/c17-14(13-6-2-1-3-7-13)12-15-8-4-10-16(15)11-5-9-15;/h1-3,6-7H,4-5,8-12H2;1H. The molecule has 3 heteroatoms. The predicted molar refractivity (Wildman–Crippen MR) is 78.5 cm³/mol. The highest BCUT2D eigenvalue weighted by molar-refractivity contribution is 8.93. The van der Waals surface area contributed by atoms with Gasteiger partial charge < -0.3 is 0 Å². The third-order valence-corrected chi connectivity index (χ3v) is 4.40. The van der Waals surface area contributed by atoms with Crippen LogP contribution in [0, 0.1) is 0 Å². The van der Waals surface area contributed by atoms with Gasteiger partial charge in [0.2, 0.25) is 0 Å². The molecule has 98 valence electrons. The van der Waals surface area contributed by atoms with Crippen LogP contribution in [0.25, 0.3) is 0 Å². The van der Waals surface area contributed by atoms with Gasteiger partial charge in [-0.1, -0.05) is 30.3 Å². The van der Waals surface area contributed by atoms with Crippen molar-refractivity contribution in [1.29, 1.82) is 0 Å². The summed E-state index contributed by atoms with van der Waals surface area (Å²) in [6, 6.07) is 9.74. The van der Waals surface area contributed by atoms with Gasteiger partial charge in [0.1, 0.15) is 0 Å². The maximum Gasteiger partial charge on any atom is 0.164 e. The molecule has 3 rings (SSSR count). The molecule has 0 radical (unpaired) electrons. The van der Waals surface area contributed by atoms with E-state index in [-0.39, 0.29) is 22.5 Å². The molecule has 2 saturated heterocycles. The maximum absolute atomic E-state index is 12.3. The Kier molecular flexibility index (Phi) is 4.23. The highest BCUT2D eigenvalue weighted by atomic mass is 79.9. The molecule has 2 fully saturated rings. The third-order valence-electron chi connectivity index (χ3n) is 4.40. The Hall–Kier alpha value is -0.670. The Morgan fingerprint density at radius 3 is 2.33 bits per heavy atom. The lowest BCUT2D eigenvalue weighted by Crippen LogP contribution is -2.40. The van der Waals surface area contributed by atoms with Crippen molar-refractivity contribution < 1.29 is 4.79 Å². The number of nitrogens with zero attached hydrogens (tertiary/aromatic N) is 1. The minimum absolute atomic E-state index is 0. The first-order chi connectivity index (χ1) is 8.30. The van der Waals surface area contributed by atoms with Crippen LogP contribution in [-0.4, -0.2) is 29.3 Å². The Morgan fingerprint density at radius 2 is 1.72 bits per heavy atom. The van der Waals surface area contributed by atoms with Gasteiger partial charge in [-0.3, -0.25) is 9.69 Å². The molecule has 0 aliphatic carbocycles. The van der Waals surface area contributed by atoms with Crippen LogP contribution >= 0.6 is 17.0 Å². The van der Waals surface area contributed by atoms with Gasteiger partial charge in [-0.15, -0.1) is 17.0 Å². The first-order valence-corrected chi connectivity index (χ1v) is 6.64. The van der Waals surface area contributed by atoms with E-state index in [0.29, 0.717) is 5.78 Å². The van der Waals surface area contributed by atoms with Gasteiger partial charge in [-0.05, 0) is 38.8 Å². The van der Waals surface area contributed by atoms with Crippen molar-refractivity contribution in [2.24, 2.45) is 0 Å². The normalized spacial score (nSPS) is 21.3. The van der Waals surface area contributed by atoms with Crippen molar-refractivity contribution in [3.63, 3.8) is 0 Å². The van der Waals surface area contributed by atoms with E-state index in [1.54, 1.807) is 0 Å². The van der Waals surface area contributed by atoms with Crippen molar-refractivity contribution in [2.75, 3.05) is 13.1 Å². The fraction of sp³-hybridized carbons (Fsp3) is 0.533. The zero-order valence-corrected chi connectivity index (χ0v) is 12.3. The third kappa shape index (κ3) is 2.39. The van der Waals surface area contributed by atoms with Crippen LogP contribution in [0.15, 0.2) is 30.3 Å². The van der Waals surface area contributed by atoms with Crippen LogP contribution in [0.1, 0.15) is 42.5 Å². The van der Waals surface area contributed by atoms with Crippen LogP contribution in [0.3, 0.4) is 0 Å². The van der Waals surface area contributed by atoms with Crippen molar-refractivity contribution in [3.8, 4) is 0 Å². The van der Waals surface area contributed by atoms with Gasteiger partial charge in [-0.25, -0.2) is 0 Å². The molecule has 2 aliphatic heterocycles. The summed E-state index contributed by atoms with van der Waals surface area (Å²) in [5.41, 5.74) is 1.09. The Morgan fingerprint density at radius 1 is 1.11 bits per heavy atom. The highest BCUT2D eigenvalue weighted by Gasteiger charge is 2.45. The lowest BCUT2D eigenvalue weighted by Gasteiger charge is -2.31. The van der Waals surface area contributed by atoms with Crippen LogP contribution in [0.2, 0.25) is 0 Å². The monoisotopic (exact) mass is 309 g/mol. The molecule has 0 atom stereocenters. The number of carbonyl (C=O) groups excluding carboxylic acids is 1. The summed E-state index contributed by atoms with van der Waals surface area (Å²) in [4.78, 5) is 14.9. The zero-order chi connectivity index (χ0) is 11.7. The number of fused-ring (bicyclic) bond motifs is 1. The van der Waals surface area contributed by atoms with Gasteiger partial charge >= 0.3 is 0 Å². The minimum Gasteiger partial charge on any atom is -0.297 e. The molecule has 1 aromatic carbocycles. The van der Waals surface area contributed by atoms with Crippen molar-refractivity contribution in [2.45, 2.75) is 37.6 Å². The number of carbonyl (C=O) groups is 1. The van der Waals surface area contributed by atoms with E-state index in [0.717, 1.165) is 12.0 Å². The maximum atomic E-state index is 12.3. The highest BCUT2D eigenvalue weighted by Crippen LogP contribution is 2.41. The van der Waals surface area contributed by atoms with E-state index < -0.39 is 0 Å². The second kappa shape index (κ2) is 5.54. The Balaban J connectivity index is 0.00000120. The predicted octanol–water partition coefficient (Wildman–Crippen LogP) is 3.47. The largest absolute Gasteiger partial charge is 0.297 e. The summed E-state index contributed by atoms with van der Waals surface area (Å²) in [5, 5.41) is 0. The number of hydrogen-bond acceptors (Lipinski definition) is 2. The Bertz CT molecular complexity index is 408. The topological polar surface area (TPSA) is 20.3 Å². The molecular formula is C15H20BrNO. The molecular weight excluding hydrogens is 290 g/mol. The molecule has 0 saturated carbocycles. The SMILES string of the molecule is Br.O=C(CC12CCCN1CCC2)c1ccccc1. The number of hydrogen-bond donors (Lipinski definition) is 0. The average molecular weight is 310 g/mol. The molecule has 0 bridgehead atoms. The second-order valence-corrected chi connectivity index (χ2v) is 5.38. The smallest absolute Gasteiger partial charge is 0.164 e. The van der Waals surface area contributed by atoms with Gasteiger partial charge in [-0.2, -0.15) is 0 Å². The molecule has 2 heterocycles. The first-order valence-electron chi connectivity index (χ1n) is 6.64. The molecule has 2 aliphatic rings. The number of halogens is 1. The van der Waals surface area contributed by atoms with E-state index in [1.165, 1.54) is 38.8 Å². The first kappa shape index (κ1) is 13.8. The lowest BCUT2D eigenvalue weighted by atomic mass is 9.86. The van der Waals surface area contributed by atoms with Gasteiger partial charge in [0.15, 0.2) is 5.78 Å². The second-order valence-electron chi connectivity index (χ2n) is 5.38. The van der Waals surface area contributed by atoms with E-state index in [1.807, 2.05) is 30.3 Å². The van der Waals surface area contributed by atoms with E-state index in [9.17, 15) is 4.79 Å². The number of ketones is 1. The van der Waals surface area contributed by atoms with Crippen LogP contribution in [0.4, 0.5) is 0 Å². The fourth-order valence-electron chi connectivity index (χ4n) is 3.54. The van der Waals surface area contributed by atoms with E-state index >= 15 is 0 Å². The molecule has 18 heavy (non-hydrogen) atoms. The van der Waals surface area contributed by atoms with Gasteiger partial charge in [0.25, 0.3) is 0 Å². The number of benzene rings is 1. The van der Waals surface area contributed by atoms with Crippen molar-refractivity contribution in [3.05, 3.63) is 35.9 Å². The van der Waals surface area contributed by atoms with Crippen LogP contribution in [-0.2, 0) is 0 Å². The van der Waals surface area contributed by atoms with Crippen molar-refractivity contribution >= 4 is 22.8 Å². The molecule has 1 aromatic rings. The van der Waals surface area contributed by atoms with Gasteiger partial charge in [0, 0.05) is 17.5 Å². The number of rotatable bonds is 3. The van der Waals surface area contributed by atoms with E-state index in [2.05, 4.69) is 4.90 Å². The summed E-state index contributed by atoms with van der Waals surface area (Å²) in [6.07, 6.45) is 5.68. The summed E-state index contributed by atoms with van der Waals surface area (Å²) in [5.74, 6) is 0.319. The molecule has 0 amide bonds. The fourth-order valence-corrected chi connectivity index (χ4v) is 3.54.